The summed E-state index contributed by atoms with van der Waals surface area (Å²) < 4.78 is 28.7. The predicted molar refractivity (Wildman–Crippen MR) is 77.7 cm³/mol. The molecule has 0 aliphatic rings. The first-order valence-electron chi connectivity index (χ1n) is 6.16. The van der Waals surface area contributed by atoms with Crippen molar-refractivity contribution < 1.29 is 8.42 Å². The van der Waals surface area contributed by atoms with E-state index in [1.165, 1.54) is 17.2 Å². The molecule has 8 nitrogen and oxygen atoms in total. The molecule has 0 spiro atoms. The van der Waals surface area contributed by atoms with Gasteiger partial charge in [0.2, 0.25) is 10.0 Å². The minimum atomic E-state index is -3.66. The number of aryl methyl sites for hydroxylation is 1. The largest absolute Gasteiger partial charge is 0.399 e. The Bertz CT molecular complexity index is 896. The normalized spacial score (nSPS) is 12.0. The molecule has 3 aromatic rings. The first kappa shape index (κ1) is 13.6. The number of nitrogens with one attached hydrogen (secondary N) is 2. The number of fused-ring (bicyclic) bond motifs is 1. The van der Waals surface area contributed by atoms with E-state index in [2.05, 4.69) is 19.8 Å². The van der Waals surface area contributed by atoms with Gasteiger partial charge in [-0.3, -0.25) is 4.68 Å². The van der Waals surface area contributed by atoms with E-state index < -0.39 is 10.0 Å². The molecule has 0 bridgehead atoms. The zero-order chi connectivity index (χ0) is 15.0. The van der Waals surface area contributed by atoms with Gasteiger partial charge in [-0.25, -0.2) is 18.1 Å². The molecule has 21 heavy (non-hydrogen) atoms. The van der Waals surface area contributed by atoms with Gasteiger partial charge in [0, 0.05) is 29.8 Å². The number of sulfonamides is 1. The summed E-state index contributed by atoms with van der Waals surface area (Å²) in [7, 11) is -1.94. The van der Waals surface area contributed by atoms with Gasteiger partial charge in [0.15, 0.2) is 5.82 Å². The first-order chi connectivity index (χ1) is 9.95. The van der Waals surface area contributed by atoms with E-state index in [1.807, 2.05) is 0 Å². The molecule has 0 fully saturated rings. The molecule has 0 atom stereocenters. The van der Waals surface area contributed by atoms with Gasteiger partial charge in [-0.2, -0.15) is 5.10 Å². The lowest BCUT2D eigenvalue weighted by molar-refractivity contribution is 0.579. The Morgan fingerprint density at radius 3 is 2.95 bits per heavy atom. The summed E-state index contributed by atoms with van der Waals surface area (Å²) in [5.74, 6) is 0.408. The summed E-state index contributed by atoms with van der Waals surface area (Å²) in [6, 6.07) is 5.03. The van der Waals surface area contributed by atoms with E-state index in [4.69, 9.17) is 5.73 Å². The zero-order valence-electron chi connectivity index (χ0n) is 11.2. The van der Waals surface area contributed by atoms with Crippen molar-refractivity contribution >= 4 is 26.6 Å². The first-order valence-corrected chi connectivity index (χ1v) is 7.65. The second-order valence-electron chi connectivity index (χ2n) is 4.62. The Morgan fingerprint density at radius 1 is 1.43 bits per heavy atom. The van der Waals surface area contributed by atoms with E-state index in [0.29, 0.717) is 22.4 Å². The number of nitrogens with two attached hydrogens (primary N) is 1. The van der Waals surface area contributed by atoms with E-state index in [0.717, 1.165) is 0 Å². The molecule has 0 aliphatic carbocycles. The highest BCUT2D eigenvalue weighted by molar-refractivity contribution is 7.89. The van der Waals surface area contributed by atoms with Crippen molar-refractivity contribution in [2.24, 2.45) is 7.05 Å². The number of hydrogen-bond acceptors (Lipinski definition) is 5. The topological polar surface area (TPSA) is 119 Å². The van der Waals surface area contributed by atoms with Crippen LogP contribution >= 0.6 is 0 Å². The maximum atomic E-state index is 12.3. The predicted octanol–water partition coefficient (Wildman–Crippen LogP) is 0.357. The molecule has 0 aliphatic heterocycles. The monoisotopic (exact) mass is 306 g/mol. The molecule has 0 saturated heterocycles. The number of nitrogens with zero attached hydrogens (tertiary/aromatic N) is 3. The van der Waals surface area contributed by atoms with Crippen LogP contribution in [0.3, 0.4) is 0 Å². The fourth-order valence-electron chi connectivity index (χ4n) is 2.04. The number of aromatic amines is 1. The van der Waals surface area contributed by atoms with Crippen LogP contribution in [0.25, 0.3) is 10.9 Å². The molecule has 9 heteroatoms. The summed E-state index contributed by atoms with van der Waals surface area (Å²) in [5.41, 5.74) is 6.92. The smallest absolute Gasteiger partial charge is 0.243 e. The Morgan fingerprint density at radius 2 is 2.24 bits per heavy atom. The Balaban J connectivity index is 1.89. The number of hydrogen-bond donors (Lipinski definition) is 3. The Labute approximate surface area is 121 Å². The van der Waals surface area contributed by atoms with E-state index >= 15 is 0 Å². The Hall–Kier alpha value is -2.39. The average Bonchev–Trinajstić information content (AvgIpc) is 3.02. The fourth-order valence-corrected chi connectivity index (χ4v) is 3.20. The van der Waals surface area contributed by atoms with Gasteiger partial charge in [-0.05, 0) is 18.2 Å². The van der Waals surface area contributed by atoms with E-state index in [1.54, 1.807) is 25.2 Å². The van der Waals surface area contributed by atoms with E-state index in [9.17, 15) is 8.42 Å². The van der Waals surface area contributed by atoms with Crippen LogP contribution in [0, 0.1) is 0 Å². The molecule has 0 unspecified atom stereocenters. The zero-order valence-corrected chi connectivity index (χ0v) is 12.1. The van der Waals surface area contributed by atoms with Crippen LogP contribution in [-0.2, 0) is 23.6 Å². The van der Waals surface area contributed by atoms with Crippen LogP contribution in [0.5, 0.6) is 0 Å². The number of nitrogen functional groups attached to an aromatic ring is 1. The minimum Gasteiger partial charge on any atom is -0.399 e. The third-order valence-electron chi connectivity index (χ3n) is 3.02. The molecule has 1 aromatic carbocycles. The van der Waals surface area contributed by atoms with Crippen LogP contribution in [0.2, 0.25) is 0 Å². The number of aromatic nitrogens is 4. The fraction of sp³-hybridized carbons (Fsp3) is 0.167. The third kappa shape index (κ3) is 2.60. The minimum absolute atomic E-state index is 0.0326. The van der Waals surface area contributed by atoms with Crippen molar-refractivity contribution in [3.05, 3.63) is 36.5 Å². The maximum absolute atomic E-state index is 12.3. The molecule has 2 aromatic heterocycles. The lowest BCUT2D eigenvalue weighted by atomic mass is 10.2. The van der Waals surface area contributed by atoms with Crippen LogP contribution in [-0.4, -0.2) is 28.2 Å². The molecule has 110 valence electrons. The second-order valence-corrected chi connectivity index (χ2v) is 6.35. The SMILES string of the molecule is Cn1cnc(CNS(=O)(=O)c2c[nH]c3cc(N)ccc23)n1. The number of rotatable bonds is 4. The van der Waals surface area contributed by atoms with Crippen molar-refractivity contribution in [3.8, 4) is 0 Å². The van der Waals surface area contributed by atoms with Gasteiger partial charge in [-0.15, -0.1) is 0 Å². The lowest BCUT2D eigenvalue weighted by Gasteiger charge is -2.03. The second kappa shape index (κ2) is 4.86. The van der Waals surface area contributed by atoms with Crippen molar-refractivity contribution in [3.63, 3.8) is 0 Å². The van der Waals surface area contributed by atoms with Gasteiger partial charge in [0.25, 0.3) is 0 Å². The van der Waals surface area contributed by atoms with Crippen LogP contribution in [0.15, 0.2) is 35.6 Å². The molecule has 3 rings (SSSR count). The van der Waals surface area contributed by atoms with Gasteiger partial charge in [-0.1, -0.05) is 0 Å². The molecular weight excluding hydrogens is 292 g/mol. The molecule has 0 amide bonds. The highest BCUT2D eigenvalue weighted by atomic mass is 32.2. The quantitative estimate of drug-likeness (QED) is 0.601. The highest BCUT2D eigenvalue weighted by Gasteiger charge is 2.19. The summed E-state index contributed by atoms with van der Waals surface area (Å²) in [6.07, 6.45) is 2.95. The van der Waals surface area contributed by atoms with Crippen LogP contribution in [0.4, 0.5) is 5.69 Å². The van der Waals surface area contributed by atoms with Gasteiger partial charge in [0.05, 0.1) is 6.54 Å². The maximum Gasteiger partial charge on any atom is 0.243 e. The number of H-pyrrole nitrogens is 1. The third-order valence-corrected chi connectivity index (χ3v) is 4.47. The molecule has 0 saturated carbocycles. The van der Waals surface area contributed by atoms with Gasteiger partial charge in [0.1, 0.15) is 11.2 Å². The standard InChI is InChI=1S/C12H14N6O2S/c1-18-7-15-12(17-18)6-16-21(19,20)11-5-14-10-4-8(13)2-3-9(10)11/h2-5,7,14,16H,6,13H2,1H3. The molecule has 4 N–H and O–H groups in total. The van der Waals surface area contributed by atoms with Crippen molar-refractivity contribution in [2.75, 3.05) is 5.73 Å². The Kier molecular flexibility index (Phi) is 3.15. The molecular formula is C12H14N6O2S. The number of benzene rings is 1. The molecule has 2 heterocycles. The summed E-state index contributed by atoms with van der Waals surface area (Å²) in [6.45, 7) is 0.0326. The van der Waals surface area contributed by atoms with Crippen LogP contribution < -0.4 is 10.5 Å². The highest BCUT2D eigenvalue weighted by Crippen LogP contribution is 2.24. The van der Waals surface area contributed by atoms with Gasteiger partial charge >= 0.3 is 0 Å². The van der Waals surface area contributed by atoms with Crippen LogP contribution in [0.1, 0.15) is 5.82 Å². The summed E-state index contributed by atoms with van der Waals surface area (Å²) in [5, 5.41) is 4.61. The lowest BCUT2D eigenvalue weighted by Crippen LogP contribution is -2.23. The van der Waals surface area contributed by atoms with E-state index in [-0.39, 0.29) is 11.4 Å². The van der Waals surface area contributed by atoms with Gasteiger partial charge < -0.3 is 10.7 Å². The van der Waals surface area contributed by atoms with Crippen molar-refractivity contribution in [2.45, 2.75) is 11.4 Å². The van der Waals surface area contributed by atoms with Crippen molar-refractivity contribution in [1.29, 1.82) is 0 Å². The summed E-state index contributed by atoms with van der Waals surface area (Å²) in [4.78, 5) is 7.05. The number of anilines is 1. The average molecular weight is 306 g/mol. The summed E-state index contributed by atoms with van der Waals surface area (Å²) >= 11 is 0. The molecule has 0 radical (unpaired) electrons. The van der Waals surface area contributed by atoms with Crippen molar-refractivity contribution in [1.82, 2.24) is 24.5 Å².